The fourth-order valence-corrected chi connectivity index (χ4v) is 4.99. The van der Waals surface area contributed by atoms with Gasteiger partial charge in [0.25, 0.3) is 0 Å². The second kappa shape index (κ2) is 3.72. The Morgan fingerprint density at radius 1 is 0.600 bits per heavy atom. The van der Waals surface area contributed by atoms with Crippen molar-refractivity contribution >= 4 is 69.0 Å². The molecule has 0 nitrogen and oxygen atoms in total. The number of benzene rings is 4. The standard InChI is InChI=1S/C18H9BrS/c19-13-8-9-15-18-16(13)11-5-2-1-4-10(11)12-6-3-7-14(20-15)17(12)18/h1-9H. The zero-order chi connectivity index (χ0) is 13.3. The lowest BCUT2D eigenvalue weighted by molar-refractivity contribution is 1.79. The summed E-state index contributed by atoms with van der Waals surface area (Å²) in [5.41, 5.74) is 0. The van der Waals surface area contributed by atoms with E-state index in [9.17, 15) is 0 Å². The molecule has 94 valence electrons. The highest BCUT2D eigenvalue weighted by molar-refractivity contribution is 9.10. The van der Waals surface area contributed by atoms with Gasteiger partial charge < -0.3 is 0 Å². The Morgan fingerprint density at radius 3 is 2.20 bits per heavy atom. The molecule has 0 atom stereocenters. The molecule has 2 heteroatoms. The Kier molecular flexibility index (Phi) is 2.06. The van der Waals surface area contributed by atoms with Crippen LogP contribution in [0.4, 0.5) is 0 Å². The SMILES string of the molecule is Brc1ccc2sc3cccc4c5ccccc5c1c2c34. The Labute approximate surface area is 128 Å². The van der Waals surface area contributed by atoms with Crippen molar-refractivity contribution in [2.75, 3.05) is 0 Å². The third kappa shape index (κ3) is 1.22. The first kappa shape index (κ1) is 11.1. The van der Waals surface area contributed by atoms with Gasteiger partial charge in [-0.2, -0.15) is 0 Å². The van der Waals surface area contributed by atoms with Crippen LogP contribution in [0.5, 0.6) is 0 Å². The molecule has 0 saturated carbocycles. The Balaban J connectivity index is 2.34. The molecule has 4 aromatic carbocycles. The minimum absolute atomic E-state index is 1.19. The van der Waals surface area contributed by atoms with Gasteiger partial charge in [0.2, 0.25) is 0 Å². The Hall–Kier alpha value is -1.64. The van der Waals surface area contributed by atoms with E-state index < -0.39 is 0 Å². The third-order valence-corrected chi connectivity index (χ3v) is 5.88. The highest BCUT2D eigenvalue weighted by Crippen LogP contribution is 2.46. The summed E-state index contributed by atoms with van der Waals surface area (Å²) in [6, 6.07) is 19.8. The van der Waals surface area contributed by atoms with E-state index in [1.807, 2.05) is 11.3 Å². The summed E-state index contributed by atoms with van der Waals surface area (Å²) >= 11 is 5.64. The number of halogens is 1. The number of fused-ring (bicyclic) bond motifs is 3. The van der Waals surface area contributed by atoms with Crippen molar-refractivity contribution in [2.24, 2.45) is 0 Å². The Morgan fingerprint density at radius 2 is 1.30 bits per heavy atom. The maximum absolute atomic E-state index is 3.75. The van der Waals surface area contributed by atoms with Crippen LogP contribution in [-0.2, 0) is 0 Å². The van der Waals surface area contributed by atoms with Crippen molar-refractivity contribution in [2.45, 2.75) is 0 Å². The molecular weight excluding hydrogens is 328 g/mol. The third-order valence-electron chi connectivity index (χ3n) is 4.10. The van der Waals surface area contributed by atoms with E-state index in [0.29, 0.717) is 0 Å². The molecular formula is C18H9BrS. The van der Waals surface area contributed by atoms with E-state index >= 15 is 0 Å². The van der Waals surface area contributed by atoms with Crippen LogP contribution in [0.1, 0.15) is 0 Å². The molecule has 5 rings (SSSR count). The van der Waals surface area contributed by atoms with E-state index in [2.05, 4.69) is 70.5 Å². The number of hydrogen-bond acceptors (Lipinski definition) is 1. The summed E-state index contributed by atoms with van der Waals surface area (Å²) in [6.07, 6.45) is 0. The van der Waals surface area contributed by atoms with Gasteiger partial charge in [0.15, 0.2) is 0 Å². The van der Waals surface area contributed by atoms with Crippen molar-refractivity contribution in [3.05, 3.63) is 59.1 Å². The molecule has 0 aliphatic carbocycles. The molecule has 0 bridgehead atoms. The fraction of sp³-hybridized carbons (Fsp3) is 0. The average molecular weight is 337 g/mol. The minimum Gasteiger partial charge on any atom is -0.135 e. The monoisotopic (exact) mass is 336 g/mol. The molecule has 0 saturated heterocycles. The molecule has 0 aliphatic rings. The van der Waals surface area contributed by atoms with E-state index in [4.69, 9.17) is 0 Å². The van der Waals surface area contributed by atoms with Crippen LogP contribution in [0, 0.1) is 0 Å². The van der Waals surface area contributed by atoms with Crippen LogP contribution in [0.15, 0.2) is 59.1 Å². The lowest BCUT2D eigenvalue weighted by Crippen LogP contribution is -1.82. The molecule has 5 aromatic rings. The van der Waals surface area contributed by atoms with Gasteiger partial charge in [-0.25, -0.2) is 0 Å². The van der Waals surface area contributed by atoms with Crippen molar-refractivity contribution < 1.29 is 0 Å². The van der Waals surface area contributed by atoms with Crippen LogP contribution in [0.2, 0.25) is 0 Å². The zero-order valence-corrected chi connectivity index (χ0v) is 12.9. The highest BCUT2D eigenvalue weighted by atomic mass is 79.9. The van der Waals surface area contributed by atoms with Gasteiger partial charge in [-0.3, -0.25) is 0 Å². The van der Waals surface area contributed by atoms with Gasteiger partial charge >= 0.3 is 0 Å². The van der Waals surface area contributed by atoms with Crippen molar-refractivity contribution in [1.82, 2.24) is 0 Å². The largest absolute Gasteiger partial charge is 0.135 e. The predicted molar refractivity (Wildman–Crippen MR) is 93.2 cm³/mol. The van der Waals surface area contributed by atoms with Gasteiger partial charge in [-0.15, -0.1) is 11.3 Å². The van der Waals surface area contributed by atoms with Gasteiger partial charge in [0.1, 0.15) is 0 Å². The summed E-state index contributed by atoms with van der Waals surface area (Å²) in [5.74, 6) is 0. The Bertz CT molecular complexity index is 1100. The lowest BCUT2D eigenvalue weighted by Gasteiger charge is -2.10. The van der Waals surface area contributed by atoms with Crippen LogP contribution in [-0.4, -0.2) is 0 Å². The van der Waals surface area contributed by atoms with E-state index in [-0.39, 0.29) is 0 Å². The van der Waals surface area contributed by atoms with Crippen LogP contribution >= 0.6 is 27.3 Å². The molecule has 1 heterocycles. The van der Waals surface area contributed by atoms with Crippen LogP contribution in [0.3, 0.4) is 0 Å². The molecule has 0 N–H and O–H groups in total. The van der Waals surface area contributed by atoms with Crippen LogP contribution < -0.4 is 0 Å². The molecule has 0 amide bonds. The van der Waals surface area contributed by atoms with Crippen molar-refractivity contribution in [3.63, 3.8) is 0 Å². The lowest BCUT2D eigenvalue weighted by atomic mass is 9.94. The van der Waals surface area contributed by atoms with E-state index in [0.717, 1.165) is 0 Å². The maximum Gasteiger partial charge on any atom is 0.0362 e. The second-order valence-corrected chi connectivity index (χ2v) is 7.06. The minimum atomic E-state index is 1.19. The predicted octanol–water partition coefficient (Wildman–Crippen LogP) is 6.56. The topological polar surface area (TPSA) is 0 Å². The smallest absolute Gasteiger partial charge is 0.0362 e. The highest BCUT2D eigenvalue weighted by Gasteiger charge is 2.16. The van der Waals surface area contributed by atoms with Gasteiger partial charge in [0, 0.05) is 30.0 Å². The van der Waals surface area contributed by atoms with Crippen molar-refractivity contribution in [3.8, 4) is 0 Å². The normalized spacial score (nSPS) is 12.2. The molecule has 0 unspecified atom stereocenters. The quantitative estimate of drug-likeness (QED) is 0.281. The van der Waals surface area contributed by atoms with Gasteiger partial charge in [0.05, 0.1) is 0 Å². The summed E-state index contributed by atoms with van der Waals surface area (Å²) in [7, 11) is 0. The fourth-order valence-electron chi connectivity index (χ4n) is 3.31. The van der Waals surface area contributed by atoms with E-state index in [1.54, 1.807) is 0 Å². The summed E-state index contributed by atoms with van der Waals surface area (Å²) in [5, 5.41) is 8.23. The molecule has 0 fully saturated rings. The van der Waals surface area contributed by atoms with E-state index in [1.165, 1.54) is 46.2 Å². The first-order valence-electron chi connectivity index (χ1n) is 6.58. The zero-order valence-electron chi connectivity index (χ0n) is 10.5. The molecule has 0 spiro atoms. The molecule has 20 heavy (non-hydrogen) atoms. The first-order chi connectivity index (χ1) is 9.84. The molecule has 1 aromatic heterocycles. The number of thiophene rings is 1. The molecule has 0 radical (unpaired) electrons. The summed E-state index contributed by atoms with van der Waals surface area (Å²) in [6.45, 7) is 0. The first-order valence-corrected chi connectivity index (χ1v) is 8.19. The summed E-state index contributed by atoms with van der Waals surface area (Å²) < 4.78 is 3.94. The number of hydrogen-bond donors (Lipinski definition) is 0. The maximum atomic E-state index is 3.75. The average Bonchev–Trinajstić information content (AvgIpc) is 2.86. The van der Waals surface area contributed by atoms with Crippen molar-refractivity contribution in [1.29, 1.82) is 0 Å². The van der Waals surface area contributed by atoms with Gasteiger partial charge in [-0.05, 0) is 34.4 Å². The number of rotatable bonds is 0. The van der Waals surface area contributed by atoms with Gasteiger partial charge in [-0.1, -0.05) is 52.3 Å². The second-order valence-electron chi connectivity index (χ2n) is 5.12. The van der Waals surface area contributed by atoms with Crippen LogP contribution in [0.25, 0.3) is 41.7 Å². The molecule has 0 aliphatic heterocycles. The summed E-state index contributed by atoms with van der Waals surface area (Å²) in [4.78, 5) is 0.